The Balaban J connectivity index is 1.83. The van der Waals surface area contributed by atoms with Gasteiger partial charge in [-0.15, -0.1) is 0 Å². The minimum Gasteiger partial charge on any atom is -0.321 e. The first-order valence-corrected chi connectivity index (χ1v) is 11.6. The highest BCUT2D eigenvalue weighted by Gasteiger charge is 2.19. The summed E-state index contributed by atoms with van der Waals surface area (Å²) >= 11 is 0. The number of quaternary nitrogens is 1. The number of nitrogens with zero attached hydrogens (tertiary/aromatic N) is 1. The zero-order valence-electron chi connectivity index (χ0n) is 19.9. The fraction of sp³-hybridized carbons (Fsp3) is 0.407. The second-order valence-corrected chi connectivity index (χ2v) is 9.07. The number of rotatable bonds is 13. The van der Waals surface area contributed by atoms with E-state index in [2.05, 4.69) is 26.3 Å². The lowest BCUT2D eigenvalue weighted by Gasteiger charge is -2.29. The highest BCUT2D eigenvalue weighted by molar-refractivity contribution is 6.07. The molecular formula is C27H35F2N2O2+. The van der Waals surface area contributed by atoms with Gasteiger partial charge in [0, 0.05) is 22.9 Å². The van der Waals surface area contributed by atoms with E-state index in [9.17, 15) is 18.4 Å². The summed E-state index contributed by atoms with van der Waals surface area (Å²) in [5.74, 6) is -1.78. The molecule has 0 aliphatic carbocycles. The van der Waals surface area contributed by atoms with E-state index in [0.29, 0.717) is 22.3 Å². The van der Waals surface area contributed by atoms with Gasteiger partial charge >= 0.3 is 0 Å². The van der Waals surface area contributed by atoms with Crippen LogP contribution in [0, 0.1) is 11.6 Å². The third-order valence-corrected chi connectivity index (χ3v) is 5.52. The first-order valence-electron chi connectivity index (χ1n) is 11.6. The van der Waals surface area contributed by atoms with E-state index in [1.807, 2.05) is 0 Å². The Morgan fingerprint density at radius 2 is 1.61 bits per heavy atom. The highest BCUT2D eigenvalue weighted by Crippen LogP contribution is 2.15. The maximum absolute atomic E-state index is 13.7. The zero-order valence-corrected chi connectivity index (χ0v) is 19.9. The molecule has 2 rings (SSSR count). The Morgan fingerprint density at radius 3 is 2.27 bits per heavy atom. The van der Waals surface area contributed by atoms with Gasteiger partial charge in [-0.2, -0.15) is 0 Å². The van der Waals surface area contributed by atoms with Crippen LogP contribution < -0.4 is 5.32 Å². The van der Waals surface area contributed by atoms with E-state index >= 15 is 0 Å². The van der Waals surface area contributed by atoms with Gasteiger partial charge in [-0.05, 0) is 61.4 Å². The molecule has 2 aromatic rings. The van der Waals surface area contributed by atoms with Crippen molar-refractivity contribution in [2.75, 3.05) is 32.5 Å². The van der Waals surface area contributed by atoms with Crippen molar-refractivity contribution in [3.8, 4) is 0 Å². The third-order valence-electron chi connectivity index (χ3n) is 5.52. The molecule has 0 atom stereocenters. The van der Waals surface area contributed by atoms with Crippen LogP contribution in [0.25, 0.3) is 6.08 Å². The molecule has 0 saturated carbocycles. The molecule has 2 aromatic carbocycles. The molecule has 0 aromatic heterocycles. The number of ketones is 1. The smallest absolute Gasteiger partial charge is 0.279 e. The van der Waals surface area contributed by atoms with Crippen molar-refractivity contribution < 1.29 is 22.9 Å². The van der Waals surface area contributed by atoms with Crippen LogP contribution in [0.5, 0.6) is 0 Å². The maximum atomic E-state index is 13.7. The van der Waals surface area contributed by atoms with E-state index < -0.39 is 11.6 Å². The van der Waals surface area contributed by atoms with Crippen molar-refractivity contribution in [2.45, 2.75) is 45.4 Å². The number of carbonyl (C=O) groups is 2. The molecule has 6 heteroatoms. The first kappa shape index (κ1) is 26.4. The van der Waals surface area contributed by atoms with E-state index in [0.717, 1.165) is 25.1 Å². The van der Waals surface area contributed by atoms with E-state index in [4.69, 9.17) is 0 Å². The molecular weight excluding hydrogens is 422 g/mol. The molecule has 0 fully saturated rings. The zero-order chi connectivity index (χ0) is 24.3. The minimum atomic E-state index is -0.727. The Morgan fingerprint density at radius 1 is 0.939 bits per heavy atom. The van der Waals surface area contributed by atoms with Crippen LogP contribution in [-0.4, -0.2) is 43.4 Å². The van der Waals surface area contributed by atoms with Crippen LogP contribution in [-0.2, 0) is 4.79 Å². The van der Waals surface area contributed by atoms with Crippen LogP contribution in [0.15, 0.2) is 48.5 Å². The number of hydrogen-bond acceptors (Lipinski definition) is 2. The second kappa shape index (κ2) is 13.0. The number of likely N-dealkylation sites (N-methyl/N-ethyl adjacent to an activating group) is 1. The van der Waals surface area contributed by atoms with Crippen LogP contribution in [0.1, 0.15) is 61.4 Å². The Hall–Kier alpha value is -2.86. The average Bonchev–Trinajstić information content (AvgIpc) is 2.75. The summed E-state index contributed by atoms with van der Waals surface area (Å²) in [6, 6.07) is 9.75. The number of allylic oxidation sites excluding steroid dienone is 1. The second-order valence-electron chi connectivity index (χ2n) is 9.07. The first-order chi connectivity index (χ1) is 15.7. The number of nitrogens with one attached hydrogen (secondary N) is 1. The largest absolute Gasteiger partial charge is 0.321 e. The lowest BCUT2D eigenvalue weighted by Crippen LogP contribution is -2.46. The van der Waals surface area contributed by atoms with E-state index in [-0.39, 0.29) is 17.3 Å². The minimum absolute atomic E-state index is 0.0725. The van der Waals surface area contributed by atoms with E-state index in [1.54, 1.807) is 24.3 Å². The summed E-state index contributed by atoms with van der Waals surface area (Å²) < 4.78 is 27.3. The van der Waals surface area contributed by atoms with Crippen LogP contribution in [0.4, 0.5) is 14.5 Å². The van der Waals surface area contributed by atoms with E-state index in [1.165, 1.54) is 50.3 Å². The summed E-state index contributed by atoms with van der Waals surface area (Å²) in [7, 11) is 4.12. The highest BCUT2D eigenvalue weighted by atomic mass is 19.1. The van der Waals surface area contributed by atoms with Crippen molar-refractivity contribution in [2.24, 2.45) is 0 Å². The molecule has 0 bridgehead atoms. The molecule has 178 valence electrons. The molecule has 0 unspecified atom stereocenters. The Labute approximate surface area is 195 Å². The average molecular weight is 458 g/mol. The maximum Gasteiger partial charge on any atom is 0.279 e. The van der Waals surface area contributed by atoms with Gasteiger partial charge in [-0.1, -0.05) is 32.6 Å². The number of amides is 1. The van der Waals surface area contributed by atoms with Gasteiger partial charge in [0.05, 0.1) is 20.6 Å². The Kier molecular flexibility index (Phi) is 10.4. The van der Waals surface area contributed by atoms with Crippen molar-refractivity contribution in [1.82, 2.24) is 0 Å². The molecule has 0 spiro atoms. The number of halogens is 2. The van der Waals surface area contributed by atoms with Crippen molar-refractivity contribution >= 4 is 23.5 Å². The Bertz CT molecular complexity index is 953. The van der Waals surface area contributed by atoms with Gasteiger partial charge in [0.25, 0.3) is 5.91 Å². The summed E-state index contributed by atoms with van der Waals surface area (Å²) in [4.78, 5) is 24.8. The van der Waals surface area contributed by atoms with Crippen molar-refractivity contribution in [3.05, 3.63) is 71.3 Å². The van der Waals surface area contributed by atoms with Gasteiger partial charge in [0.1, 0.15) is 11.6 Å². The molecule has 0 heterocycles. The molecule has 0 aliphatic heterocycles. The number of anilines is 1. The number of hydrogen-bond donors (Lipinski definition) is 1. The molecule has 33 heavy (non-hydrogen) atoms. The monoisotopic (exact) mass is 457 g/mol. The molecule has 0 saturated heterocycles. The van der Waals surface area contributed by atoms with Gasteiger partial charge in [-0.25, -0.2) is 8.78 Å². The predicted octanol–water partition coefficient (Wildman–Crippen LogP) is 6.24. The van der Waals surface area contributed by atoms with Gasteiger partial charge in [-0.3, -0.25) is 9.59 Å². The SMILES string of the molecule is CCCCCCCC[N+](C)(C)CC(=O)Nc1ccc(C(=O)/C=C/c2ccc(F)cc2F)cc1. The summed E-state index contributed by atoms with van der Waals surface area (Å²) in [5, 5.41) is 2.88. The van der Waals surface area contributed by atoms with Crippen LogP contribution >= 0.6 is 0 Å². The van der Waals surface area contributed by atoms with Crippen LogP contribution in [0.2, 0.25) is 0 Å². The lowest BCUT2D eigenvalue weighted by atomic mass is 10.1. The topological polar surface area (TPSA) is 46.2 Å². The molecule has 0 aliphatic rings. The summed E-state index contributed by atoms with van der Waals surface area (Å²) in [6.45, 7) is 3.54. The van der Waals surface area contributed by atoms with Crippen molar-refractivity contribution in [1.29, 1.82) is 0 Å². The number of carbonyl (C=O) groups excluding carboxylic acids is 2. The molecule has 1 amide bonds. The normalized spacial score (nSPS) is 11.7. The fourth-order valence-electron chi connectivity index (χ4n) is 3.60. The molecule has 0 radical (unpaired) electrons. The third kappa shape index (κ3) is 9.66. The van der Waals surface area contributed by atoms with Crippen molar-refractivity contribution in [3.63, 3.8) is 0 Å². The fourth-order valence-corrected chi connectivity index (χ4v) is 3.60. The van der Waals surface area contributed by atoms with Gasteiger partial charge in [0.15, 0.2) is 12.3 Å². The van der Waals surface area contributed by atoms with Gasteiger partial charge < -0.3 is 9.80 Å². The standard InChI is InChI=1S/C27H34F2N2O2/c1-4-5-6-7-8-9-18-31(2,3)20-27(33)30-24-15-11-22(12-16-24)26(32)17-13-21-10-14-23(28)19-25(21)29/h10-17,19H,4-9,18,20H2,1-3H3/p+1/b17-13+. The summed E-state index contributed by atoms with van der Waals surface area (Å²) in [6.07, 6.45) is 9.92. The van der Waals surface area contributed by atoms with Crippen LogP contribution in [0.3, 0.4) is 0 Å². The number of benzene rings is 2. The lowest BCUT2D eigenvalue weighted by molar-refractivity contribution is -0.882. The number of unbranched alkanes of at least 4 members (excludes halogenated alkanes) is 5. The molecule has 4 nitrogen and oxygen atoms in total. The quantitative estimate of drug-likeness (QED) is 0.168. The summed E-state index contributed by atoms with van der Waals surface area (Å²) in [5.41, 5.74) is 1.16. The van der Waals surface area contributed by atoms with Gasteiger partial charge in [0.2, 0.25) is 0 Å². The predicted molar refractivity (Wildman–Crippen MR) is 130 cm³/mol. The molecule has 1 N–H and O–H groups in total.